The van der Waals surface area contributed by atoms with Gasteiger partial charge in [-0.3, -0.25) is 9.52 Å². The molecule has 0 saturated heterocycles. The van der Waals surface area contributed by atoms with Crippen molar-refractivity contribution in [3.05, 3.63) is 77.0 Å². The molecule has 0 aliphatic carbocycles. The number of carbonyl (C=O) groups excluding carboxylic acids is 1. The van der Waals surface area contributed by atoms with E-state index in [1.807, 2.05) is 0 Å². The third-order valence-electron chi connectivity index (χ3n) is 4.09. The Balaban J connectivity index is 1.37. The van der Waals surface area contributed by atoms with Crippen LogP contribution in [0.4, 0.5) is 15.2 Å². The van der Waals surface area contributed by atoms with Crippen LogP contribution in [0.15, 0.2) is 70.4 Å². The van der Waals surface area contributed by atoms with Gasteiger partial charge in [0.25, 0.3) is 10.0 Å². The number of rotatable bonds is 7. The smallest absolute Gasteiger partial charge is 0.263 e. The number of hydrogen-bond donors (Lipinski definition) is 2. The number of aromatic nitrogens is 2. The highest BCUT2D eigenvalue weighted by Crippen LogP contribution is 2.24. The highest BCUT2D eigenvalue weighted by molar-refractivity contribution is 7.93. The molecule has 0 unspecified atom stereocenters. The molecule has 0 aliphatic rings. The molecule has 0 saturated carbocycles. The zero-order valence-corrected chi connectivity index (χ0v) is 18.2. The standard InChI is InChI=1S/C20H15FN4O3S3/c21-14-3-1-13(2-4-14)19-24-16(12-30-19)11-18(26)23-15-5-7-17(8-6-15)31(27,28)25-20-22-9-10-29-20/h1-10,12H,11H2,(H,22,25)(H,23,26). The van der Waals surface area contributed by atoms with Crippen molar-refractivity contribution in [1.82, 2.24) is 9.97 Å². The third kappa shape index (κ3) is 5.32. The summed E-state index contributed by atoms with van der Waals surface area (Å²) in [5, 5.41) is 7.14. The molecule has 0 radical (unpaired) electrons. The predicted molar refractivity (Wildman–Crippen MR) is 119 cm³/mol. The second kappa shape index (κ2) is 8.92. The summed E-state index contributed by atoms with van der Waals surface area (Å²) in [6.07, 6.45) is 1.56. The van der Waals surface area contributed by atoms with Crippen LogP contribution >= 0.6 is 22.7 Å². The Hall–Kier alpha value is -3.15. The molecule has 11 heteroatoms. The third-order valence-corrected chi connectivity index (χ3v) is 7.20. The fourth-order valence-electron chi connectivity index (χ4n) is 2.65. The monoisotopic (exact) mass is 474 g/mol. The molecule has 31 heavy (non-hydrogen) atoms. The van der Waals surface area contributed by atoms with Gasteiger partial charge in [-0.1, -0.05) is 0 Å². The van der Waals surface area contributed by atoms with E-state index >= 15 is 0 Å². The van der Waals surface area contributed by atoms with Crippen molar-refractivity contribution < 1.29 is 17.6 Å². The van der Waals surface area contributed by atoms with Gasteiger partial charge in [0.2, 0.25) is 5.91 Å². The van der Waals surface area contributed by atoms with Crippen LogP contribution in [0.2, 0.25) is 0 Å². The zero-order valence-electron chi connectivity index (χ0n) is 15.8. The van der Waals surface area contributed by atoms with Crippen LogP contribution in [0.5, 0.6) is 0 Å². The van der Waals surface area contributed by atoms with E-state index in [4.69, 9.17) is 0 Å². The van der Waals surface area contributed by atoms with Crippen LogP contribution in [-0.2, 0) is 21.2 Å². The van der Waals surface area contributed by atoms with Crippen molar-refractivity contribution in [3.8, 4) is 10.6 Å². The van der Waals surface area contributed by atoms with Crippen molar-refractivity contribution in [1.29, 1.82) is 0 Å². The molecule has 7 nitrogen and oxygen atoms in total. The summed E-state index contributed by atoms with van der Waals surface area (Å²) < 4.78 is 40.1. The molecule has 0 aliphatic heterocycles. The Labute approximate surface area is 185 Å². The summed E-state index contributed by atoms with van der Waals surface area (Å²) in [4.78, 5) is 20.7. The van der Waals surface area contributed by atoms with Crippen LogP contribution in [0, 0.1) is 5.82 Å². The quantitative estimate of drug-likeness (QED) is 0.414. The SMILES string of the molecule is O=C(Cc1csc(-c2ccc(F)cc2)n1)Nc1ccc(S(=O)(=O)Nc2nccs2)cc1. The number of hydrogen-bond acceptors (Lipinski definition) is 7. The molecule has 2 aromatic heterocycles. The number of thiazole rings is 2. The minimum atomic E-state index is -3.75. The molecule has 1 amide bonds. The maximum absolute atomic E-state index is 13.1. The molecule has 0 fully saturated rings. The summed E-state index contributed by atoms with van der Waals surface area (Å²) in [7, 11) is -3.75. The minimum absolute atomic E-state index is 0.0589. The fourth-order valence-corrected chi connectivity index (χ4v) is 5.26. The van der Waals surface area contributed by atoms with Crippen molar-refractivity contribution >= 4 is 49.4 Å². The molecule has 2 N–H and O–H groups in total. The van der Waals surface area contributed by atoms with Crippen molar-refractivity contribution in [3.63, 3.8) is 0 Å². The molecule has 2 aromatic carbocycles. The lowest BCUT2D eigenvalue weighted by molar-refractivity contribution is -0.115. The van der Waals surface area contributed by atoms with Gasteiger partial charge < -0.3 is 5.32 Å². The van der Waals surface area contributed by atoms with Gasteiger partial charge in [0.1, 0.15) is 10.8 Å². The minimum Gasteiger partial charge on any atom is -0.326 e. The second-order valence-electron chi connectivity index (χ2n) is 6.34. The summed E-state index contributed by atoms with van der Waals surface area (Å²) in [5.74, 6) is -0.606. The van der Waals surface area contributed by atoms with Gasteiger partial charge in [-0.05, 0) is 48.5 Å². The first-order chi connectivity index (χ1) is 14.9. The van der Waals surface area contributed by atoms with Crippen LogP contribution in [0.3, 0.4) is 0 Å². The molecule has 4 aromatic rings. The van der Waals surface area contributed by atoms with Gasteiger partial charge in [-0.25, -0.2) is 22.8 Å². The van der Waals surface area contributed by atoms with Gasteiger partial charge in [-0.2, -0.15) is 0 Å². The molecular weight excluding hydrogens is 459 g/mol. The van der Waals surface area contributed by atoms with E-state index in [9.17, 15) is 17.6 Å². The molecule has 0 spiro atoms. The predicted octanol–water partition coefficient (Wildman–Crippen LogP) is 4.39. The summed E-state index contributed by atoms with van der Waals surface area (Å²) in [5.41, 5.74) is 1.84. The molecule has 4 rings (SSSR count). The maximum atomic E-state index is 13.1. The van der Waals surface area contributed by atoms with Gasteiger partial charge in [0.05, 0.1) is 17.0 Å². The van der Waals surface area contributed by atoms with E-state index in [-0.39, 0.29) is 28.2 Å². The molecule has 2 heterocycles. The van der Waals surface area contributed by atoms with E-state index in [2.05, 4.69) is 20.0 Å². The Morgan fingerprint density at radius 3 is 2.45 bits per heavy atom. The summed E-state index contributed by atoms with van der Waals surface area (Å²) in [6, 6.07) is 11.8. The van der Waals surface area contributed by atoms with Crippen LogP contribution in [-0.4, -0.2) is 24.3 Å². The van der Waals surface area contributed by atoms with Crippen molar-refractivity contribution in [2.24, 2.45) is 0 Å². The number of sulfonamides is 1. The number of anilines is 2. The number of amides is 1. The number of nitrogens with one attached hydrogen (secondary N) is 2. The number of carbonyl (C=O) groups is 1. The number of benzene rings is 2. The Kier molecular flexibility index (Phi) is 6.07. The van der Waals surface area contributed by atoms with Crippen molar-refractivity contribution in [2.45, 2.75) is 11.3 Å². The van der Waals surface area contributed by atoms with Crippen LogP contribution in [0.25, 0.3) is 10.6 Å². The molecule has 0 atom stereocenters. The molecule has 0 bridgehead atoms. The van der Waals surface area contributed by atoms with Crippen LogP contribution < -0.4 is 10.0 Å². The van der Waals surface area contributed by atoms with E-state index in [0.29, 0.717) is 16.4 Å². The Morgan fingerprint density at radius 1 is 1.03 bits per heavy atom. The van der Waals surface area contributed by atoms with Crippen molar-refractivity contribution in [2.75, 3.05) is 10.0 Å². The second-order valence-corrected chi connectivity index (χ2v) is 9.78. The van der Waals surface area contributed by atoms with Crippen LogP contribution in [0.1, 0.15) is 5.69 Å². The topological polar surface area (TPSA) is 101 Å². The summed E-state index contributed by atoms with van der Waals surface area (Å²) in [6.45, 7) is 0. The van der Waals surface area contributed by atoms with Gasteiger partial charge in [-0.15, -0.1) is 22.7 Å². The zero-order chi connectivity index (χ0) is 21.8. The first kappa shape index (κ1) is 21.1. The lowest BCUT2D eigenvalue weighted by atomic mass is 10.2. The molecular formula is C20H15FN4O3S3. The Morgan fingerprint density at radius 2 is 1.77 bits per heavy atom. The normalized spacial score (nSPS) is 11.3. The lowest BCUT2D eigenvalue weighted by Crippen LogP contribution is -2.15. The largest absolute Gasteiger partial charge is 0.326 e. The van der Waals surface area contributed by atoms with E-state index in [1.54, 1.807) is 22.9 Å². The lowest BCUT2D eigenvalue weighted by Gasteiger charge is -2.07. The molecule has 158 valence electrons. The van der Waals surface area contributed by atoms with E-state index < -0.39 is 10.0 Å². The van der Waals surface area contributed by atoms with E-state index in [0.717, 1.165) is 5.56 Å². The average molecular weight is 475 g/mol. The Bertz CT molecular complexity index is 1290. The van der Waals surface area contributed by atoms with Gasteiger partial charge in [0.15, 0.2) is 5.13 Å². The first-order valence-corrected chi connectivity index (χ1v) is 12.2. The number of nitrogens with zero attached hydrogens (tertiary/aromatic N) is 2. The number of halogens is 1. The van der Waals surface area contributed by atoms with E-state index in [1.165, 1.54) is 65.3 Å². The maximum Gasteiger partial charge on any atom is 0.263 e. The highest BCUT2D eigenvalue weighted by atomic mass is 32.2. The highest BCUT2D eigenvalue weighted by Gasteiger charge is 2.16. The summed E-state index contributed by atoms with van der Waals surface area (Å²) >= 11 is 2.55. The average Bonchev–Trinajstić information content (AvgIpc) is 3.41. The van der Waals surface area contributed by atoms with Gasteiger partial charge in [0, 0.05) is 28.2 Å². The van der Waals surface area contributed by atoms with Gasteiger partial charge >= 0.3 is 0 Å². The first-order valence-electron chi connectivity index (χ1n) is 8.92. The fraction of sp³-hybridized carbons (Fsp3) is 0.0500.